The van der Waals surface area contributed by atoms with Gasteiger partial charge in [0.05, 0.1) is 52.4 Å². The van der Waals surface area contributed by atoms with E-state index in [2.05, 4.69) is 30.7 Å². The first-order valence-corrected chi connectivity index (χ1v) is 22.5. The zero-order chi connectivity index (χ0) is 44.7. The van der Waals surface area contributed by atoms with Crippen molar-refractivity contribution in [3.63, 3.8) is 0 Å². The number of carbonyl (C=O) groups is 2. The molecule has 64 heavy (non-hydrogen) atoms. The van der Waals surface area contributed by atoms with E-state index in [4.69, 9.17) is 9.47 Å². The lowest BCUT2D eigenvalue weighted by Gasteiger charge is -2.62. The Hall–Kier alpha value is -5.81. The Balaban J connectivity index is 0.752. The Morgan fingerprint density at radius 1 is 1.00 bits per heavy atom. The molecule has 0 radical (unpaired) electrons. The molecule has 3 amide bonds. The number of carbonyl (C=O) groups excluding carboxylic acids is 2. The van der Waals surface area contributed by atoms with Crippen LogP contribution >= 0.6 is 12.1 Å². The summed E-state index contributed by atoms with van der Waals surface area (Å²) in [5, 5.41) is 15.4. The highest BCUT2D eigenvalue weighted by Gasteiger charge is 2.55. The first kappa shape index (κ1) is 42.2. The molecule has 10 rings (SSSR count). The molecule has 334 valence electrons. The summed E-state index contributed by atoms with van der Waals surface area (Å²) in [7, 11) is 5.12. The molecule has 4 aliphatic heterocycles. The lowest BCUT2D eigenvalue weighted by Crippen LogP contribution is -2.67. The number of aryl methyl sites for hydroxylation is 1. The molecule has 1 unspecified atom stereocenters. The summed E-state index contributed by atoms with van der Waals surface area (Å²) in [5.74, 6) is -0.964. The van der Waals surface area contributed by atoms with Crippen LogP contribution in [0, 0.1) is 28.4 Å². The Morgan fingerprint density at radius 2 is 1.78 bits per heavy atom. The maximum atomic E-state index is 15.8. The molecule has 6 heterocycles. The minimum absolute atomic E-state index is 0.0123. The Kier molecular flexibility index (Phi) is 10.5. The van der Waals surface area contributed by atoms with Crippen LogP contribution in [0.5, 0.6) is 11.5 Å². The first-order chi connectivity index (χ1) is 30.8. The minimum Gasteiger partial charge on any atom is -0.453 e. The predicted octanol–water partition coefficient (Wildman–Crippen LogP) is 6.41. The molecule has 0 bridgehead atoms. The first-order valence-electron chi connectivity index (χ1n) is 21.7. The topological polar surface area (TPSA) is 157 Å². The number of ether oxygens (including phenoxy) is 2. The molecular formula is C45H49F2N11O5S. The zero-order valence-corrected chi connectivity index (χ0v) is 37.0. The molecule has 5 aliphatic rings. The van der Waals surface area contributed by atoms with Gasteiger partial charge < -0.3 is 24.0 Å². The number of halogens is 2. The number of urea groups is 1. The van der Waals surface area contributed by atoms with Crippen LogP contribution in [0.4, 0.5) is 30.8 Å². The molecule has 1 atom stereocenters. The average Bonchev–Trinajstić information content (AvgIpc) is 3.82. The number of likely N-dealkylation sites (tertiary alicyclic amines) is 1. The van der Waals surface area contributed by atoms with Crippen LogP contribution in [0.15, 0.2) is 53.6 Å². The van der Waals surface area contributed by atoms with Gasteiger partial charge in [-0.3, -0.25) is 28.6 Å². The van der Waals surface area contributed by atoms with Gasteiger partial charge in [-0.2, -0.15) is 10.4 Å². The van der Waals surface area contributed by atoms with Crippen molar-refractivity contribution < 1.29 is 27.8 Å². The summed E-state index contributed by atoms with van der Waals surface area (Å²) in [6, 6.07) is 12.7. The van der Waals surface area contributed by atoms with Crippen molar-refractivity contribution in [3.8, 4) is 17.6 Å². The number of nitriles is 1. The third kappa shape index (κ3) is 7.20. The van der Waals surface area contributed by atoms with E-state index in [-0.39, 0.29) is 64.4 Å². The molecule has 4 saturated heterocycles. The van der Waals surface area contributed by atoms with Gasteiger partial charge in [-0.15, -0.1) is 0 Å². The molecular weight excluding hydrogens is 845 g/mol. The molecule has 16 nitrogen and oxygen atoms in total. The number of anilines is 3. The highest BCUT2D eigenvalue weighted by atomic mass is 32.2. The number of amides is 3. The standard InChI is InChI=1S/C45H49F2N11O5S/c1-5-52(2)64-51-36-9-7-33(46)40(32(36)22-48)63-29-6-8-35-30(16-29)42(60)58(26-49-35)28-21-45(62-23-28)11-14-55(15-12-45)27-19-44(20-27)24-56(25-44)38-18-37-31(17-34(38)47)41(50-54(37)4)57-13-10-39(59)53(3)43(57)61/h6-9,16-18,26-28,51H,5,10-15,19-21,23-25H2,1-4H3. The van der Waals surface area contributed by atoms with Gasteiger partial charge in [-0.1, -0.05) is 6.92 Å². The zero-order valence-electron chi connectivity index (χ0n) is 36.1. The molecule has 5 aromatic rings. The van der Waals surface area contributed by atoms with Gasteiger partial charge in [0.25, 0.3) is 5.56 Å². The Morgan fingerprint density at radius 3 is 2.53 bits per heavy atom. The van der Waals surface area contributed by atoms with Gasteiger partial charge in [0.2, 0.25) is 5.91 Å². The van der Waals surface area contributed by atoms with Crippen molar-refractivity contribution in [2.24, 2.45) is 12.5 Å². The Labute approximate surface area is 372 Å². The summed E-state index contributed by atoms with van der Waals surface area (Å²) < 4.78 is 51.7. The number of aromatic nitrogens is 4. The van der Waals surface area contributed by atoms with E-state index < -0.39 is 11.8 Å². The summed E-state index contributed by atoms with van der Waals surface area (Å²) in [6.07, 6.45) is 6.26. The van der Waals surface area contributed by atoms with Gasteiger partial charge in [0.15, 0.2) is 17.4 Å². The third-order valence-corrected chi connectivity index (χ3v) is 15.0. The highest BCUT2D eigenvalue weighted by molar-refractivity contribution is 7.98. The number of nitrogens with one attached hydrogen (secondary N) is 1. The van der Waals surface area contributed by atoms with E-state index in [1.54, 1.807) is 40.8 Å². The van der Waals surface area contributed by atoms with Crippen molar-refractivity contribution in [3.05, 3.63) is 76.3 Å². The molecule has 19 heteroatoms. The minimum atomic E-state index is -0.697. The SMILES string of the molecule is CCN(C)SNc1ccc(F)c(Oc2ccc3ncn(C4COC5(CCN(C6CC7(C6)CN(c6cc8c(cc6F)c(N6CCC(=O)N(C)C6=O)nn8C)C7)CC5)C4)c(=O)c3c2)c1C#N. The molecule has 3 aromatic carbocycles. The van der Waals surface area contributed by atoms with E-state index in [9.17, 15) is 19.6 Å². The van der Waals surface area contributed by atoms with Crippen molar-refractivity contribution in [1.29, 1.82) is 5.26 Å². The van der Waals surface area contributed by atoms with Gasteiger partial charge in [-0.25, -0.2) is 22.9 Å². The van der Waals surface area contributed by atoms with Crippen LogP contribution in [0.3, 0.4) is 0 Å². The number of rotatable bonds is 10. The largest absolute Gasteiger partial charge is 0.453 e. The van der Waals surface area contributed by atoms with Crippen LogP contribution in [-0.4, -0.2) is 117 Å². The predicted molar refractivity (Wildman–Crippen MR) is 238 cm³/mol. The number of piperidine rings is 1. The van der Waals surface area contributed by atoms with Crippen LogP contribution in [0.2, 0.25) is 0 Å². The molecule has 5 fully saturated rings. The number of hydrogen-bond donors (Lipinski definition) is 1. The van der Waals surface area contributed by atoms with Crippen molar-refractivity contribution in [1.82, 2.24) is 33.4 Å². The maximum absolute atomic E-state index is 15.8. The summed E-state index contributed by atoms with van der Waals surface area (Å²) >= 11 is 1.28. The lowest BCUT2D eigenvalue weighted by molar-refractivity contribution is -0.127. The molecule has 2 spiro atoms. The Bertz CT molecular complexity index is 2810. The summed E-state index contributed by atoms with van der Waals surface area (Å²) in [5.41, 5.74) is 1.73. The second-order valence-corrected chi connectivity index (χ2v) is 19.0. The van der Waals surface area contributed by atoms with Crippen molar-refractivity contribution in [2.45, 2.75) is 63.1 Å². The smallest absolute Gasteiger partial charge is 0.332 e. The average molecular weight is 894 g/mol. The quantitative estimate of drug-likeness (QED) is 0.154. The number of benzene rings is 3. The molecule has 1 N–H and O–H groups in total. The van der Waals surface area contributed by atoms with Crippen LogP contribution < -0.4 is 24.8 Å². The number of fused-ring (bicyclic) bond motifs is 2. The van der Waals surface area contributed by atoms with E-state index in [1.165, 1.54) is 42.3 Å². The fourth-order valence-electron chi connectivity index (χ4n) is 10.3. The van der Waals surface area contributed by atoms with E-state index >= 15 is 8.78 Å². The fraction of sp³-hybridized carbons (Fsp3) is 0.467. The third-order valence-electron chi connectivity index (χ3n) is 14.1. The number of nitrogens with zero attached hydrogens (tertiary/aromatic N) is 10. The van der Waals surface area contributed by atoms with Gasteiger partial charge in [0.1, 0.15) is 23.2 Å². The number of hydrogen-bond acceptors (Lipinski definition) is 13. The van der Waals surface area contributed by atoms with Crippen LogP contribution in [0.1, 0.15) is 57.1 Å². The molecule has 1 saturated carbocycles. The summed E-state index contributed by atoms with van der Waals surface area (Å²) in [4.78, 5) is 50.7. The van der Waals surface area contributed by atoms with E-state index in [0.717, 1.165) is 68.8 Å². The van der Waals surface area contributed by atoms with E-state index in [1.807, 2.05) is 24.3 Å². The molecule has 2 aromatic heterocycles. The normalized spacial score (nSPS) is 21.0. The van der Waals surface area contributed by atoms with Crippen LogP contribution in [-0.2, 0) is 16.6 Å². The van der Waals surface area contributed by atoms with Gasteiger partial charge in [-0.05, 0) is 81.6 Å². The van der Waals surface area contributed by atoms with Crippen molar-refractivity contribution in [2.75, 3.05) is 74.5 Å². The van der Waals surface area contributed by atoms with E-state index in [0.29, 0.717) is 52.6 Å². The summed E-state index contributed by atoms with van der Waals surface area (Å²) in [6.45, 7) is 6.67. The van der Waals surface area contributed by atoms with Gasteiger partial charge in [0, 0.05) is 88.8 Å². The second-order valence-electron chi connectivity index (χ2n) is 18.0. The monoisotopic (exact) mass is 893 g/mol. The highest BCUT2D eigenvalue weighted by Crippen LogP contribution is 2.53. The number of imide groups is 1. The van der Waals surface area contributed by atoms with Gasteiger partial charge >= 0.3 is 6.03 Å². The fourth-order valence-corrected chi connectivity index (χ4v) is 10.8. The van der Waals surface area contributed by atoms with Crippen LogP contribution in [0.25, 0.3) is 21.8 Å². The van der Waals surface area contributed by atoms with Crippen molar-refractivity contribution >= 4 is 63.1 Å². The molecule has 1 aliphatic carbocycles. The maximum Gasteiger partial charge on any atom is 0.332 e. The second kappa shape index (κ2) is 16.0. The lowest BCUT2D eigenvalue weighted by atomic mass is 9.59.